The van der Waals surface area contributed by atoms with E-state index < -0.39 is 0 Å². The molecule has 1 aromatic heterocycles. The highest BCUT2D eigenvalue weighted by Crippen LogP contribution is 2.06. The number of hydrogen-bond donors (Lipinski definition) is 1. The zero-order valence-corrected chi connectivity index (χ0v) is 11.4. The quantitative estimate of drug-likeness (QED) is 0.765. The molecule has 1 rings (SSSR count). The number of carbonyl (C=O) groups is 1. The summed E-state index contributed by atoms with van der Waals surface area (Å²) in [5, 5.41) is 0. The first-order chi connectivity index (χ1) is 8.63. The highest BCUT2D eigenvalue weighted by Gasteiger charge is 2.13. The number of thiocarbonyl (C=S) groups is 1. The molecule has 0 saturated heterocycles. The van der Waals surface area contributed by atoms with Crippen molar-refractivity contribution >= 4 is 23.1 Å². The van der Waals surface area contributed by atoms with Crippen molar-refractivity contribution in [1.29, 1.82) is 0 Å². The molecule has 18 heavy (non-hydrogen) atoms. The fourth-order valence-corrected chi connectivity index (χ4v) is 1.69. The summed E-state index contributed by atoms with van der Waals surface area (Å²) in [5.41, 5.74) is 6.37. The van der Waals surface area contributed by atoms with Gasteiger partial charge in [-0.05, 0) is 18.6 Å². The molecule has 0 aliphatic heterocycles. The first kappa shape index (κ1) is 14.6. The Bertz CT molecular complexity index is 394. The third kappa shape index (κ3) is 5.23. The molecule has 0 aliphatic carbocycles. The lowest BCUT2D eigenvalue weighted by Gasteiger charge is -2.22. The van der Waals surface area contributed by atoms with E-state index in [1.54, 1.807) is 11.1 Å². The molecule has 1 amide bonds. The second-order valence-electron chi connectivity index (χ2n) is 4.10. The van der Waals surface area contributed by atoms with Crippen molar-refractivity contribution in [1.82, 2.24) is 9.88 Å². The van der Waals surface area contributed by atoms with Crippen LogP contribution < -0.4 is 5.73 Å². The van der Waals surface area contributed by atoms with E-state index in [0.29, 0.717) is 30.9 Å². The van der Waals surface area contributed by atoms with Crippen LogP contribution >= 0.6 is 12.2 Å². The van der Waals surface area contributed by atoms with Crippen molar-refractivity contribution in [2.24, 2.45) is 5.73 Å². The predicted molar refractivity (Wildman–Crippen MR) is 76.0 cm³/mol. The zero-order chi connectivity index (χ0) is 13.4. The molecule has 0 spiro atoms. The molecule has 0 aromatic carbocycles. The van der Waals surface area contributed by atoms with E-state index in [2.05, 4.69) is 4.98 Å². The number of nitrogens with zero attached hydrogens (tertiary/aromatic N) is 2. The second kappa shape index (κ2) is 7.76. The summed E-state index contributed by atoms with van der Waals surface area (Å²) in [5.74, 6) is 0.124. The first-order valence-corrected chi connectivity index (χ1v) is 6.50. The predicted octanol–water partition coefficient (Wildman–Crippen LogP) is 1.89. The maximum Gasteiger partial charge on any atom is 0.222 e. The largest absolute Gasteiger partial charge is 0.393 e. The van der Waals surface area contributed by atoms with Crippen LogP contribution in [0.5, 0.6) is 0 Å². The summed E-state index contributed by atoms with van der Waals surface area (Å²) in [6.45, 7) is 3.07. The number of pyridine rings is 1. The summed E-state index contributed by atoms with van der Waals surface area (Å²) >= 11 is 4.85. The molecule has 0 unspecified atom stereocenters. The maximum absolute atomic E-state index is 12.0. The highest BCUT2D eigenvalue weighted by atomic mass is 32.1. The van der Waals surface area contributed by atoms with Crippen LogP contribution in [0.2, 0.25) is 0 Å². The van der Waals surface area contributed by atoms with Crippen molar-refractivity contribution in [2.75, 3.05) is 6.54 Å². The molecular formula is C13H19N3OS. The number of aromatic nitrogens is 1. The van der Waals surface area contributed by atoms with Gasteiger partial charge in [0.25, 0.3) is 0 Å². The van der Waals surface area contributed by atoms with Crippen molar-refractivity contribution in [3.8, 4) is 0 Å². The van der Waals surface area contributed by atoms with Gasteiger partial charge in [0.15, 0.2) is 0 Å². The van der Waals surface area contributed by atoms with Crippen LogP contribution in [0.25, 0.3) is 0 Å². The van der Waals surface area contributed by atoms with E-state index in [-0.39, 0.29) is 5.91 Å². The third-order valence-electron chi connectivity index (χ3n) is 2.52. The smallest absolute Gasteiger partial charge is 0.222 e. The molecule has 0 atom stereocenters. The minimum Gasteiger partial charge on any atom is -0.393 e. The van der Waals surface area contributed by atoms with Crippen LogP contribution in [0.4, 0.5) is 0 Å². The molecule has 4 nitrogen and oxygen atoms in total. The van der Waals surface area contributed by atoms with E-state index in [1.807, 2.05) is 25.1 Å². The highest BCUT2D eigenvalue weighted by molar-refractivity contribution is 7.80. The second-order valence-corrected chi connectivity index (χ2v) is 4.63. The Morgan fingerprint density at radius 1 is 1.44 bits per heavy atom. The van der Waals surface area contributed by atoms with Crippen molar-refractivity contribution in [3.05, 3.63) is 30.1 Å². The number of nitrogens with two attached hydrogens (primary N) is 1. The third-order valence-corrected chi connectivity index (χ3v) is 2.73. The number of hydrogen-bond acceptors (Lipinski definition) is 3. The summed E-state index contributed by atoms with van der Waals surface area (Å²) in [6, 6.07) is 5.68. The van der Waals surface area contributed by atoms with Gasteiger partial charge in [0.2, 0.25) is 5.91 Å². The number of amides is 1. The van der Waals surface area contributed by atoms with Gasteiger partial charge in [-0.15, -0.1) is 0 Å². The Morgan fingerprint density at radius 2 is 2.22 bits per heavy atom. The van der Waals surface area contributed by atoms with Gasteiger partial charge in [0.1, 0.15) is 0 Å². The molecule has 2 N–H and O–H groups in total. The fraction of sp³-hybridized carbons (Fsp3) is 0.462. The summed E-state index contributed by atoms with van der Waals surface area (Å²) in [7, 11) is 0. The molecule has 1 aromatic rings. The topological polar surface area (TPSA) is 59.2 Å². The van der Waals surface area contributed by atoms with Crippen molar-refractivity contribution in [2.45, 2.75) is 32.7 Å². The standard InChI is InChI=1S/C13H19N3OS/c1-2-5-13(17)16(9-7-12(14)18)10-11-6-3-4-8-15-11/h3-4,6,8H,2,5,7,9-10H2,1H3,(H2,14,18). The van der Waals surface area contributed by atoms with Gasteiger partial charge in [-0.2, -0.15) is 0 Å². The Hall–Kier alpha value is -1.49. The van der Waals surface area contributed by atoms with Gasteiger partial charge in [-0.3, -0.25) is 9.78 Å². The average Bonchev–Trinajstić information content (AvgIpc) is 2.35. The fourth-order valence-electron chi connectivity index (χ4n) is 1.60. The van der Waals surface area contributed by atoms with E-state index in [9.17, 15) is 4.79 Å². The summed E-state index contributed by atoms with van der Waals surface area (Å²) in [6.07, 6.45) is 3.66. The number of carbonyl (C=O) groups excluding carboxylic acids is 1. The first-order valence-electron chi connectivity index (χ1n) is 6.09. The van der Waals surface area contributed by atoms with Crippen LogP contribution in [-0.2, 0) is 11.3 Å². The molecule has 0 radical (unpaired) electrons. The molecule has 0 saturated carbocycles. The monoisotopic (exact) mass is 265 g/mol. The van der Waals surface area contributed by atoms with E-state index in [1.165, 1.54) is 0 Å². The molecule has 5 heteroatoms. The molecular weight excluding hydrogens is 246 g/mol. The molecule has 98 valence electrons. The Labute approximate surface area is 113 Å². The van der Waals surface area contributed by atoms with E-state index >= 15 is 0 Å². The molecule has 0 aliphatic rings. The van der Waals surface area contributed by atoms with Gasteiger partial charge in [0.05, 0.1) is 17.2 Å². The Kier molecular flexibility index (Phi) is 6.28. The minimum atomic E-state index is 0.124. The van der Waals surface area contributed by atoms with Crippen LogP contribution in [0, 0.1) is 0 Å². The molecule has 1 heterocycles. The summed E-state index contributed by atoms with van der Waals surface area (Å²) in [4.78, 5) is 18.4. The lowest BCUT2D eigenvalue weighted by Crippen LogP contribution is -2.33. The maximum atomic E-state index is 12.0. The van der Waals surface area contributed by atoms with Gasteiger partial charge >= 0.3 is 0 Å². The SMILES string of the molecule is CCCC(=O)N(CCC(N)=S)Cc1ccccn1. The van der Waals surface area contributed by atoms with Crippen LogP contribution in [0.3, 0.4) is 0 Å². The number of rotatable bonds is 7. The minimum absolute atomic E-state index is 0.124. The molecule has 0 fully saturated rings. The van der Waals surface area contributed by atoms with Crippen molar-refractivity contribution in [3.63, 3.8) is 0 Å². The van der Waals surface area contributed by atoms with Gasteiger partial charge in [0, 0.05) is 25.6 Å². The van der Waals surface area contributed by atoms with E-state index in [4.69, 9.17) is 18.0 Å². The lowest BCUT2D eigenvalue weighted by molar-refractivity contribution is -0.131. The Morgan fingerprint density at radius 3 is 2.78 bits per heavy atom. The summed E-state index contributed by atoms with van der Waals surface area (Å²) < 4.78 is 0. The zero-order valence-electron chi connectivity index (χ0n) is 10.6. The van der Waals surface area contributed by atoms with Gasteiger partial charge in [-0.1, -0.05) is 25.2 Å². The van der Waals surface area contributed by atoms with Gasteiger partial charge < -0.3 is 10.6 Å². The van der Waals surface area contributed by atoms with Crippen LogP contribution in [-0.4, -0.2) is 27.3 Å². The van der Waals surface area contributed by atoms with Crippen LogP contribution in [0.15, 0.2) is 24.4 Å². The van der Waals surface area contributed by atoms with Gasteiger partial charge in [-0.25, -0.2) is 0 Å². The normalized spacial score (nSPS) is 10.1. The average molecular weight is 265 g/mol. The van der Waals surface area contributed by atoms with Crippen LogP contribution in [0.1, 0.15) is 31.9 Å². The lowest BCUT2D eigenvalue weighted by atomic mass is 10.2. The molecule has 0 bridgehead atoms. The Balaban J connectivity index is 2.64. The van der Waals surface area contributed by atoms with E-state index in [0.717, 1.165) is 12.1 Å². The van der Waals surface area contributed by atoms with Crippen molar-refractivity contribution < 1.29 is 4.79 Å².